The number of rotatable bonds is 10. The minimum absolute atomic E-state index is 0.187. The standard InChI is InChI=1S/C9H21O6P2/c1-5-12-16(10,13-6-2)9-17(11,14-7-3)15-8-4/h9H,5-8H2,1-4H3. The summed E-state index contributed by atoms with van der Waals surface area (Å²) in [5.41, 5.74) is 0. The van der Waals surface area contributed by atoms with E-state index in [1.54, 1.807) is 27.7 Å². The third-order valence-electron chi connectivity index (χ3n) is 1.52. The Hall–Kier alpha value is 0.300. The molecule has 0 unspecified atom stereocenters. The van der Waals surface area contributed by atoms with Crippen LogP contribution in [0.15, 0.2) is 0 Å². The molecule has 0 aromatic carbocycles. The van der Waals surface area contributed by atoms with E-state index in [0.29, 0.717) is 0 Å². The fourth-order valence-electron chi connectivity index (χ4n) is 1.10. The smallest absolute Gasteiger partial charge is 0.308 e. The highest BCUT2D eigenvalue weighted by Gasteiger charge is 2.38. The Bertz CT molecular complexity index is 245. The first-order valence-corrected chi connectivity index (χ1v) is 8.82. The van der Waals surface area contributed by atoms with E-state index < -0.39 is 15.2 Å². The van der Waals surface area contributed by atoms with Gasteiger partial charge in [0.2, 0.25) is 0 Å². The molecular weight excluding hydrogens is 266 g/mol. The van der Waals surface area contributed by atoms with Crippen LogP contribution in [-0.4, -0.2) is 26.4 Å². The van der Waals surface area contributed by atoms with Crippen LogP contribution in [0.3, 0.4) is 0 Å². The van der Waals surface area contributed by atoms with E-state index in [4.69, 9.17) is 18.1 Å². The van der Waals surface area contributed by atoms with Crippen molar-refractivity contribution < 1.29 is 27.2 Å². The molecule has 0 aromatic heterocycles. The highest BCUT2D eigenvalue weighted by molar-refractivity contribution is 7.75. The molecule has 0 fully saturated rings. The molecule has 103 valence electrons. The zero-order chi connectivity index (χ0) is 13.4. The molecule has 0 heterocycles. The molecule has 0 rings (SSSR count). The van der Waals surface area contributed by atoms with Gasteiger partial charge in [0.15, 0.2) is 5.90 Å². The van der Waals surface area contributed by atoms with Crippen LogP contribution in [0.1, 0.15) is 27.7 Å². The quantitative estimate of drug-likeness (QED) is 0.571. The lowest BCUT2D eigenvalue weighted by Crippen LogP contribution is -2.01. The number of hydrogen-bond acceptors (Lipinski definition) is 6. The maximum absolute atomic E-state index is 12.1. The Morgan fingerprint density at radius 2 is 0.941 bits per heavy atom. The first-order valence-electron chi connectivity index (χ1n) is 5.59. The second kappa shape index (κ2) is 8.41. The molecule has 0 atom stereocenters. The van der Waals surface area contributed by atoms with Crippen LogP contribution in [0.2, 0.25) is 0 Å². The van der Waals surface area contributed by atoms with Gasteiger partial charge < -0.3 is 18.1 Å². The molecule has 0 spiro atoms. The van der Waals surface area contributed by atoms with Gasteiger partial charge in [-0.1, -0.05) is 0 Å². The zero-order valence-corrected chi connectivity index (χ0v) is 12.5. The van der Waals surface area contributed by atoms with E-state index in [-0.39, 0.29) is 26.4 Å². The molecule has 0 aliphatic heterocycles. The zero-order valence-electron chi connectivity index (χ0n) is 10.7. The van der Waals surface area contributed by atoms with Crippen LogP contribution in [0.4, 0.5) is 0 Å². The van der Waals surface area contributed by atoms with Crippen molar-refractivity contribution in [2.75, 3.05) is 26.4 Å². The highest BCUT2D eigenvalue weighted by Crippen LogP contribution is 2.68. The fraction of sp³-hybridized carbons (Fsp3) is 0.889. The maximum atomic E-state index is 12.1. The van der Waals surface area contributed by atoms with Crippen LogP contribution in [0.25, 0.3) is 0 Å². The van der Waals surface area contributed by atoms with Gasteiger partial charge in [-0.15, -0.1) is 0 Å². The molecule has 0 amide bonds. The van der Waals surface area contributed by atoms with Crippen LogP contribution in [0, 0.1) is 5.90 Å². The fourth-order valence-corrected chi connectivity index (χ4v) is 5.14. The summed E-state index contributed by atoms with van der Waals surface area (Å²) in [5.74, 6) is 0.944. The molecule has 17 heavy (non-hydrogen) atoms. The van der Waals surface area contributed by atoms with Crippen LogP contribution < -0.4 is 0 Å². The van der Waals surface area contributed by atoms with Crippen molar-refractivity contribution in [3.05, 3.63) is 5.90 Å². The van der Waals surface area contributed by atoms with Gasteiger partial charge in [0.25, 0.3) is 0 Å². The minimum Gasteiger partial charge on any atom is -0.308 e. The summed E-state index contributed by atoms with van der Waals surface area (Å²) in [4.78, 5) is 0. The molecule has 0 bridgehead atoms. The second-order valence-corrected chi connectivity index (χ2v) is 6.98. The van der Waals surface area contributed by atoms with E-state index in [1.165, 1.54) is 0 Å². The summed E-state index contributed by atoms with van der Waals surface area (Å²) in [6.07, 6.45) is 0. The summed E-state index contributed by atoms with van der Waals surface area (Å²) < 4.78 is 44.3. The maximum Gasteiger partial charge on any atom is 0.347 e. The highest BCUT2D eigenvalue weighted by atomic mass is 31.2. The van der Waals surface area contributed by atoms with Crippen molar-refractivity contribution in [1.82, 2.24) is 0 Å². The average Bonchev–Trinajstić information content (AvgIpc) is 2.17. The third-order valence-corrected chi connectivity index (χ3v) is 6.25. The van der Waals surface area contributed by atoms with Crippen molar-refractivity contribution >= 4 is 15.2 Å². The minimum atomic E-state index is -3.54. The average molecular weight is 287 g/mol. The molecule has 0 N–H and O–H groups in total. The Morgan fingerprint density at radius 3 is 1.12 bits per heavy atom. The summed E-state index contributed by atoms with van der Waals surface area (Å²) in [6.45, 7) is 7.44. The molecule has 0 aromatic rings. The molecule has 0 saturated carbocycles. The van der Waals surface area contributed by atoms with Gasteiger partial charge in [-0.25, -0.2) is 0 Å². The molecule has 1 radical (unpaired) electrons. The Balaban J connectivity index is 4.79. The van der Waals surface area contributed by atoms with Gasteiger partial charge in [0.1, 0.15) is 0 Å². The van der Waals surface area contributed by atoms with Crippen molar-refractivity contribution in [1.29, 1.82) is 0 Å². The molecule has 8 heteroatoms. The molecular formula is C9H21O6P2. The van der Waals surface area contributed by atoms with E-state index in [2.05, 4.69) is 0 Å². The number of hydrogen-bond donors (Lipinski definition) is 0. The first kappa shape index (κ1) is 17.3. The molecule has 0 saturated heterocycles. The largest absolute Gasteiger partial charge is 0.347 e. The van der Waals surface area contributed by atoms with Gasteiger partial charge in [-0.05, 0) is 27.7 Å². The van der Waals surface area contributed by atoms with Crippen LogP contribution in [0.5, 0.6) is 0 Å². The second-order valence-electron chi connectivity index (χ2n) is 2.87. The Morgan fingerprint density at radius 1 is 0.706 bits per heavy atom. The summed E-state index contributed by atoms with van der Waals surface area (Å²) >= 11 is 0. The lowest BCUT2D eigenvalue weighted by atomic mass is 10.9. The summed E-state index contributed by atoms with van der Waals surface area (Å²) in [7, 11) is -7.08. The molecule has 0 aliphatic carbocycles. The van der Waals surface area contributed by atoms with Gasteiger partial charge >= 0.3 is 15.2 Å². The molecule has 0 aliphatic rings. The van der Waals surface area contributed by atoms with Gasteiger partial charge in [-0.3, -0.25) is 9.13 Å². The lowest BCUT2D eigenvalue weighted by Gasteiger charge is -2.21. The van der Waals surface area contributed by atoms with E-state index in [9.17, 15) is 9.13 Å². The van der Waals surface area contributed by atoms with Gasteiger partial charge in [0, 0.05) is 0 Å². The predicted molar refractivity (Wildman–Crippen MR) is 66.0 cm³/mol. The van der Waals surface area contributed by atoms with Crippen molar-refractivity contribution in [2.45, 2.75) is 27.7 Å². The van der Waals surface area contributed by atoms with Crippen LogP contribution >= 0.6 is 15.2 Å². The Labute approximate surface area is 103 Å². The first-order chi connectivity index (χ1) is 7.95. The van der Waals surface area contributed by atoms with E-state index >= 15 is 0 Å². The van der Waals surface area contributed by atoms with Crippen molar-refractivity contribution in [2.24, 2.45) is 0 Å². The van der Waals surface area contributed by atoms with Gasteiger partial charge in [0.05, 0.1) is 26.4 Å². The topological polar surface area (TPSA) is 71.1 Å². The predicted octanol–water partition coefficient (Wildman–Crippen LogP) is 3.64. The summed E-state index contributed by atoms with van der Waals surface area (Å²) in [6, 6.07) is 0. The third kappa shape index (κ3) is 6.70. The van der Waals surface area contributed by atoms with Crippen molar-refractivity contribution in [3.8, 4) is 0 Å². The SMILES string of the molecule is CCOP(=O)([CH]P(=O)(OCC)OCC)OCC. The lowest BCUT2D eigenvalue weighted by molar-refractivity contribution is 0.213. The summed E-state index contributed by atoms with van der Waals surface area (Å²) in [5, 5.41) is 0. The Kier molecular flexibility index (Phi) is 8.56. The van der Waals surface area contributed by atoms with E-state index in [1.807, 2.05) is 0 Å². The van der Waals surface area contributed by atoms with Crippen LogP contribution in [-0.2, 0) is 27.2 Å². The monoisotopic (exact) mass is 287 g/mol. The van der Waals surface area contributed by atoms with Gasteiger partial charge in [-0.2, -0.15) is 0 Å². The molecule has 6 nitrogen and oxygen atoms in total. The van der Waals surface area contributed by atoms with Crippen molar-refractivity contribution in [3.63, 3.8) is 0 Å². The normalized spacial score (nSPS) is 12.9. The van der Waals surface area contributed by atoms with E-state index in [0.717, 1.165) is 5.90 Å².